The Bertz CT molecular complexity index is 1440. The molecule has 0 N–H and O–H groups in total. The molecule has 0 amide bonds. The van der Waals surface area contributed by atoms with E-state index < -0.39 is 23.7 Å². The minimum atomic E-state index is -4.86. The molecule has 1 aliphatic heterocycles. The molecule has 3 aromatic carbocycles. The van der Waals surface area contributed by atoms with Crippen molar-refractivity contribution in [2.45, 2.75) is 44.9 Å². The average Bonchev–Trinajstić information content (AvgIpc) is 3.30. The van der Waals surface area contributed by atoms with Crippen LogP contribution in [0.3, 0.4) is 0 Å². The number of ether oxygens (including phenoxy) is 1. The zero-order valence-corrected chi connectivity index (χ0v) is 23.5. The molecule has 0 radical (unpaired) electrons. The van der Waals surface area contributed by atoms with E-state index in [2.05, 4.69) is 14.6 Å². The molecular formula is C32H30ClF6NO2. The van der Waals surface area contributed by atoms with E-state index in [4.69, 9.17) is 11.6 Å². The van der Waals surface area contributed by atoms with Crippen molar-refractivity contribution in [2.24, 2.45) is 5.92 Å². The second-order valence-corrected chi connectivity index (χ2v) is 11.2. The van der Waals surface area contributed by atoms with Crippen molar-refractivity contribution >= 4 is 22.7 Å². The lowest BCUT2D eigenvalue weighted by atomic mass is 9.86. The van der Waals surface area contributed by atoms with Crippen LogP contribution in [0.25, 0.3) is 11.1 Å². The number of likely N-dealkylation sites (tertiary alicyclic amines) is 1. The summed E-state index contributed by atoms with van der Waals surface area (Å²) in [5, 5.41) is 0.0621. The molecule has 1 heterocycles. The van der Waals surface area contributed by atoms with Crippen LogP contribution in [0.15, 0.2) is 54.6 Å². The molecule has 0 aromatic heterocycles. The molecule has 42 heavy (non-hydrogen) atoms. The molecule has 0 spiro atoms. The highest BCUT2D eigenvalue weighted by Gasteiger charge is 2.32. The number of nitrogens with zero attached hydrogens (tertiary/aromatic N) is 1. The maximum absolute atomic E-state index is 15.3. The number of allylic oxidation sites excluding steroid dienone is 1. The summed E-state index contributed by atoms with van der Waals surface area (Å²) in [6, 6.07) is 14.5. The largest absolute Gasteiger partial charge is 0.573 e. The van der Waals surface area contributed by atoms with Crippen LogP contribution in [0.5, 0.6) is 11.5 Å². The molecule has 3 aromatic rings. The maximum atomic E-state index is 15.3. The number of rotatable bonds is 9. The van der Waals surface area contributed by atoms with Gasteiger partial charge in [0, 0.05) is 17.6 Å². The number of alkyl halides is 4. The first-order valence-electron chi connectivity index (χ1n) is 13.9. The zero-order chi connectivity index (χ0) is 29.9. The minimum Gasteiger partial charge on any atom is -0.406 e. The zero-order valence-electron chi connectivity index (χ0n) is 22.8. The summed E-state index contributed by atoms with van der Waals surface area (Å²) < 4.78 is 83.3. The van der Waals surface area contributed by atoms with E-state index in [0.717, 1.165) is 55.2 Å². The van der Waals surface area contributed by atoms with Gasteiger partial charge in [0.2, 0.25) is 5.75 Å². The molecule has 5 rings (SSSR count). The molecule has 1 fully saturated rings. The van der Waals surface area contributed by atoms with E-state index in [0.29, 0.717) is 53.9 Å². The smallest absolute Gasteiger partial charge is 0.406 e. The van der Waals surface area contributed by atoms with Crippen LogP contribution >= 0.6 is 11.6 Å². The van der Waals surface area contributed by atoms with Crippen molar-refractivity contribution in [3.63, 3.8) is 0 Å². The first-order valence-corrected chi connectivity index (χ1v) is 14.3. The molecule has 224 valence electrons. The molecule has 3 nitrogen and oxygen atoms in total. The molecule has 2 aliphatic rings. The molecule has 1 atom stereocenters. The van der Waals surface area contributed by atoms with Gasteiger partial charge in [0.05, 0.1) is 11.7 Å². The van der Waals surface area contributed by atoms with Crippen LogP contribution < -0.4 is 9.68 Å². The predicted octanol–water partition coefficient (Wildman–Crippen LogP) is 9.16. The van der Waals surface area contributed by atoms with Gasteiger partial charge in [-0.15, -0.1) is 13.2 Å². The van der Waals surface area contributed by atoms with Gasteiger partial charge in [0.25, 0.3) is 0 Å². The second kappa shape index (κ2) is 13.0. The van der Waals surface area contributed by atoms with Crippen LogP contribution in [0.1, 0.15) is 53.5 Å². The Balaban J connectivity index is 1.53. The van der Waals surface area contributed by atoms with Crippen molar-refractivity contribution in [1.29, 1.82) is 0 Å². The summed E-state index contributed by atoms with van der Waals surface area (Å²) in [7, 11) is 0. The van der Waals surface area contributed by atoms with Crippen LogP contribution in [0.2, 0.25) is 5.02 Å². The van der Waals surface area contributed by atoms with Gasteiger partial charge in [-0.2, -0.15) is 0 Å². The first-order chi connectivity index (χ1) is 20.2. The number of benzene rings is 3. The van der Waals surface area contributed by atoms with Gasteiger partial charge in [0.15, 0.2) is 5.82 Å². The number of hydrogen-bond acceptors (Lipinski definition) is 3. The van der Waals surface area contributed by atoms with E-state index in [-0.39, 0.29) is 11.7 Å². The van der Waals surface area contributed by atoms with E-state index in [1.54, 1.807) is 6.07 Å². The van der Waals surface area contributed by atoms with Crippen molar-refractivity contribution in [3.05, 3.63) is 93.3 Å². The van der Waals surface area contributed by atoms with Gasteiger partial charge in [-0.25, -0.2) is 4.39 Å². The van der Waals surface area contributed by atoms with Crippen molar-refractivity contribution in [3.8, 4) is 11.5 Å². The number of halogens is 7. The van der Waals surface area contributed by atoms with Gasteiger partial charge < -0.3 is 9.64 Å². The quantitative estimate of drug-likeness (QED) is 0.226. The fraction of sp³-hybridized carbons (Fsp3) is 0.375. The summed E-state index contributed by atoms with van der Waals surface area (Å²) in [6.45, 7) is 2.33. The fourth-order valence-corrected chi connectivity index (χ4v) is 6.40. The highest BCUT2D eigenvalue weighted by molar-refractivity contribution is 6.33. The van der Waals surface area contributed by atoms with Gasteiger partial charge >= 0.3 is 6.36 Å². The van der Waals surface area contributed by atoms with Gasteiger partial charge in [-0.3, -0.25) is 9.33 Å². The number of fused-ring (bicyclic) bond motifs is 1. The van der Waals surface area contributed by atoms with Crippen LogP contribution in [-0.4, -0.2) is 37.6 Å². The predicted molar refractivity (Wildman–Crippen MR) is 150 cm³/mol. The Kier molecular flexibility index (Phi) is 9.38. The third-order valence-electron chi connectivity index (χ3n) is 7.96. The van der Waals surface area contributed by atoms with Crippen molar-refractivity contribution in [1.82, 2.24) is 4.90 Å². The summed E-state index contributed by atoms with van der Waals surface area (Å²) in [4.78, 5) is 6.03. The highest BCUT2D eigenvalue weighted by atomic mass is 35.5. The lowest BCUT2D eigenvalue weighted by Crippen LogP contribution is -2.22. The Morgan fingerprint density at radius 1 is 0.976 bits per heavy atom. The van der Waals surface area contributed by atoms with Crippen LogP contribution in [-0.2, 0) is 12.8 Å². The lowest BCUT2D eigenvalue weighted by Gasteiger charge is -2.19. The van der Waals surface area contributed by atoms with E-state index in [9.17, 15) is 22.1 Å². The summed E-state index contributed by atoms with van der Waals surface area (Å²) in [5.41, 5.74) is 4.65. The van der Waals surface area contributed by atoms with E-state index in [1.165, 1.54) is 18.2 Å². The van der Waals surface area contributed by atoms with E-state index >= 15 is 4.39 Å². The van der Waals surface area contributed by atoms with E-state index in [1.807, 2.05) is 24.3 Å². The molecule has 10 heteroatoms. The summed E-state index contributed by atoms with van der Waals surface area (Å²) in [5.74, 6) is -1.27. The Morgan fingerprint density at radius 2 is 1.74 bits per heavy atom. The third-order valence-corrected chi connectivity index (χ3v) is 8.27. The standard InChI is InChI=1S/C32H30ClF6NO2/c33-28-18-23(41-32(36,37)38)9-10-24(28)25-3-1-4-27-26(11-12-29(42-39)31(27)35)30(25)22-7-5-20(6-8-22)17-21-13-16-40(19-21)15-2-14-34/h5-12,18,21H,1-4,13-17,19H2/t21-/m1/s1. The number of hydrogen-bond donors (Lipinski definition) is 0. The monoisotopic (exact) mass is 609 g/mol. The van der Waals surface area contributed by atoms with Crippen molar-refractivity contribution < 1.29 is 36.2 Å². The molecule has 0 unspecified atom stereocenters. The SMILES string of the molecule is FCCCN1CC[C@H](Cc2ccc(C3=C(c4ccc(OC(F)(F)F)cc4Cl)CCCc4c3ccc(OF)c4F)cc2)C1. The maximum Gasteiger partial charge on any atom is 0.573 e. The third kappa shape index (κ3) is 6.89. The molecule has 1 aliphatic carbocycles. The van der Waals surface area contributed by atoms with Gasteiger partial charge in [0.1, 0.15) is 5.75 Å². The minimum absolute atomic E-state index is 0.0621. The average molecular weight is 610 g/mol. The molecule has 0 saturated carbocycles. The fourth-order valence-electron chi connectivity index (χ4n) is 6.11. The molecule has 1 saturated heterocycles. The first kappa shape index (κ1) is 30.3. The molecule has 0 bridgehead atoms. The van der Waals surface area contributed by atoms with Crippen LogP contribution in [0.4, 0.5) is 26.5 Å². The summed E-state index contributed by atoms with van der Waals surface area (Å²) in [6.07, 6.45) is -1.16. The topological polar surface area (TPSA) is 21.7 Å². The van der Waals surface area contributed by atoms with Gasteiger partial charge in [-0.1, -0.05) is 41.9 Å². The Hall–Kier alpha value is -3.17. The lowest BCUT2D eigenvalue weighted by molar-refractivity contribution is -0.274. The Morgan fingerprint density at radius 3 is 2.43 bits per heavy atom. The molecular weight excluding hydrogens is 580 g/mol. The second-order valence-electron chi connectivity index (χ2n) is 10.8. The normalized spacial score (nSPS) is 17.7. The Labute approximate surface area is 245 Å². The van der Waals surface area contributed by atoms with Crippen molar-refractivity contribution in [2.75, 3.05) is 26.3 Å². The highest BCUT2D eigenvalue weighted by Crippen LogP contribution is 2.44. The van der Waals surface area contributed by atoms with Crippen LogP contribution in [0, 0.1) is 11.7 Å². The summed E-state index contributed by atoms with van der Waals surface area (Å²) >= 11 is 6.52. The van der Waals surface area contributed by atoms with Gasteiger partial charge in [-0.05, 0) is 114 Å².